The zero-order chi connectivity index (χ0) is 16.1. The monoisotopic (exact) mass is 324 g/mol. The molecule has 1 aromatic heterocycles. The number of benzene rings is 2. The molecule has 23 heavy (non-hydrogen) atoms. The van der Waals surface area contributed by atoms with Crippen molar-refractivity contribution >= 4 is 28.5 Å². The van der Waals surface area contributed by atoms with Crippen LogP contribution in [0, 0.1) is 0 Å². The minimum atomic E-state index is 0.0280. The molecule has 0 fully saturated rings. The van der Waals surface area contributed by atoms with E-state index >= 15 is 0 Å². The van der Waals surface area contributed by atoms with Crippen molar-refractivity contribution in [2.24, 2.45) is 5.10 Å². The highest BCUT2D eigenvalue weighted by Crippen LogP contribution is 2.24. The second-order valence-electron chi connectivity index (χ2n) is 4.88. The maximum atomic E-state index is 9.42. The van der Waals surface area contributed by atoms with Crippen LogP contribution >= 0.6 is 11.3 Å². The summed E-state index contributed by atoms with van der Waals surface area (Å²) in [5.74, 6) is 0.486. The Bertz CT molecular complexity index is 811. The lowest BCUT2D eigenvalue weighted by Crippen LogP contribution is -1.92. The number of hydrogen-bond donors (Lipinski definition) is 3. The van der Waals surface area contributed by atoms with Crippen molar-refractivity contribution in [2.75, 3.05) is 11.2 Å². The number of nitrogens with zero attached hydrogens (tertiary/aromatic N) is 2. The van der Waals surface area contributed by atoms with Gasteiger partial charge in [-0.25, -0.2) is 4.98 Å². The van der Waals surface area contributed by atoms with E-state index in [0.717, 1.165) is 22.3 Å². The summed E-state index contributed by atoms with van der Waals surface area (Å²) in [6.07, 6.45) is 1.72. The summed E-state index contributed by atoms with van der Waals surface area (Å²) in [6.45, 7) is 0.0280. The van der Waals surface area contributed by atoms with Crippen molar-refractivity contribution in [3.63, 3.8) is 0 Å². The van der Waals surface area contributed by atoms with Gasteiger partial charge < -0.3 is 10.8 Å². The van der Waals surface area contributed by atoms with E-state index in [0.29, 0.717) is 10.9 Å². The Morgan fingerprint density at radius 2 is 1.96 bits per heavy atom. The number of nitrogens with one attached hydrogen (secondary N) is 1. The SMILES string of the molecule is Nc1csc(NN=Cc2ccc(-c3ccccc3CO)cc2)n1. The van der Waals surface area contributed by atoms with Crippen LogP contribution in [0.25, 0.3) is 11.1 Å². The van der Waals surface area contributed by atoms with Gasteiger partial charge in [-0.1, -0.05) is 48.5 Å². The van der Waals surface area contributed by atoms with Crippen LogP contribution in [0.5, 0.6) is 0 Å². The number of hydrazone groups is 1. The predicted molar refractivity (Wildman–Crippen MR) is 95.5 cm³/mol. The van der Waals surface area contributed by atoms with E-state index in [2.05, 4.69) is 15.5 Å². The van der Waals surface area contributed by atoms with Crippen LogP contribution in [-0.2, 0) is 6.61 Å². The molecule has 0 spiro atoms. The van der Waals surface area contributed by atoms with Crippen molar-refractivity contribution in [1.82, 2.24) is 4.98 Å². The molecular weight excluding hydrogens is 308 g/mol. The first-order valence-corrected chi connectivity index (χ1v) is 7.93. The Morgan fingerprint density at radius 3 is 2.65 bits per heavy atom. The molecular formula is C17H16N4OS. The van der Waals surface area contributed by atoms with Gasteiger partial charge in [0, 0.05) is 5.38 Å². The number of nitrogen functional groups attached to an aromatic ring is 1. The molecule has 0 aliphatic heterocycles. The van der Waals surface area contributed by atoms with Crippen LogP contribution in [0.2, 0.25) is 0 Å². The molecule has 2 aromatic carbocycles. The van der Waals surface area contributed by atoms with Gasteiger partial charge in [0.2, 0.25) is 5.13 Å². The fourth-order valence-corrected chi connectivity index (χ4v) is 2.74. The molecule has 0 aliphatic rings. The number of anilines is 2. The third-order valence-electron chi connectivity index (χ3n) is 3.31. The molecule has 0 bridgehead atoms. The molecule has 0 aliphatic carbocycles. The number of nitrogens with two attached hydrogens (primary N) is 1. The van der Waals surface area contributed by atoms with E-state index in [1.807, 2.05) is 48.5 Å². The van der Waals surface area contributed by atoms with E-state index in [1.165, 1.54) is 11.3 Å². The number of rotatable bonds is 5. The van der Waals surface area contributed by atoms with Crippen molar-refractivity contribution < 1.29 is 5.11 Å². The lowest BCUT2D eigenvalue weighted by Gasteiger charge is -2.07. The van der Waals surface area contributed by atoms with E-state index in [-0.39, 0.29) is 6.61 Å². The second kappa shape index (κ2) is 7.04. The third-order valence-corrected chi connectivity index (χ3v) is 4.07. The van der Waals surface area contributed by atoms with E-state index in [4.69, 9.17) is 5.73 Å². The molecule has 3 rings (SSSR count). The molecule has 6 heteroatoms. The smallest absolute Gasteiger partial charge is 0.205 e. The van der Waals surface area contributed by atoms with Crippen LogP contribution in [-0.4, -0.2) is 16.3 Å². The van der Waals surface area contributed by atoms with E-state index < -0.39 is 0 Å². The topological polar surface area (TPSA) is 83.5 Å². The minimum absolute atomic E-state index is 0.0280. The van der Waals surface area contributed by atoms with Gasteiger partial charge in [-0.3, -0.25) is 5.43 Å². The van der Waals surface area contributed by atoms with Crippen LogP contribution in [0.3, 0.4) is 0 Å². The molecule has 3 aromatic rings. The summed E-state index contributed by atoms with van der Waals surface area (Å²) in [6, 6.07) is 15.8. The normalized spacial score (nSPS) is 11.0. The molecule has 0 saturated carbocycles. The van der Waals surface area contributed by atoms with E-state index in [9.17, 15) is 5.11 Å². The fourth-order valence-electron chi connectivity index (χ4n) is 2.19. The Morgan fingerprint density at radius 1 is 1.17 bits per heavy atom. The first kappa shape index (κ1) is 15.2. The number of aromatic nitrogens is 1. The molecule has 4 N–H and O–H groups in total. The standard InChI is InChI=1S/C17H16N4OS/c18-16-11-23-17(20-16)21-19-9-12-5-7-13(8-6-12)15-4-2-1-3-14(15)10-22/h1-9,11,22H,10,18H2,(H,20,21). The number of thiazole rings is 1. The van der Waals surface area contributed by atoms with Crippen molar-refractivity contribution in [3.8, 4) is 11.1 Å². The molecule has 116 valence electrons. The summed E-state index contributed by atoms with van der Waals surface area (Å²) in [5, 5.41) is 16.0. The maximum absolute atomic E-state index is 9.42. The minimum Gasteiger partial charge on any atom is -0.392 e. The van der Waals surface area contributed by atoms with E-state index in [1.54, 1.807) is 11.6 Å². The highest BCUT2D eigenvalue weighted by atomic mass is 32.1. The maximum Gasteiger partial charge on any atom is 0.205 e. The van der Waals surface area contributed by atoms with Crippen molar-refractivity contribution in [2.45, 2.75) is 6.61 Å². The van der Waals surface area contributed by atoms with Gasteiger partial charge in [-0.15, -0.1) is 11.3 Å². The highest BCUT2D eigenvalue weighted by molar-refractivity contribution is 7.14. The Balaban J connectivity index is 1.72. The average Bonchev–Trinajstić information content (AvgIpc) is 3.01. The number of aliphatic hydroxyl groups excluding tert-OH is 1. The summed E-state index contributed by atoms with van der Waals surface area (Å²) in [7, 11) is 0. The molecule has 1 heterocycles. The van der Waals surface area contributed by atoms with Crippen LogP contribution in [0.1, 0.15) is 11.1 Å². The van der Waals surface area contributed by atoms with Crippen molar-refractivity contribution in [3.05, 3.63) is 65.0 Å². The summed E-state index contributed by atoms with van der Waals surface area (Å²) in [5.41, 5.74) is 12.4. The van der Waals surface area contributed by atoms with Gasteiger partial charge in [-0.2, -0.15) is 5.10 Å². The number of aliphatic hydroxyl groups is 1. The van der Waals surface area contributed by atoms with Crippen LogP contribution in [0.15, 0.2) is 59.0 Å². The molecule has 0 amide bonds. The quantitative estimate of drug-likeness (QED) is 0.496. The van der Waals surface area contributed by atoms with Crippen LogP contribution in [0.4, 0.5) is 10.9 Å². The largest absolute Gasteiger partial charge is 0.392 e. The summed E-state index contributed by atoms with van der Waals surface area (Å²) < 4.78 is 0. The Labute approximate surface area is 138 Å². The van der Waals surface area contributed by atoms with Gasteiger partial charge in [0.05, 0.1) is 12.8 Å². The molecule has 0 radical (unpaired) electrons. The lowest BCUT2D eigenvalue weighted by atomic mass is 9.99. The Hall–Kier alpha value is -2.70. The first-order valence-electron chi connectivity index (χ1n) is 7.05. The lowest BCUT2D eigenvalue weighted by molar-refractivity contribution is 0.282. The summed E-state index contributed by atoms with van der Waals surface area (Å²) >= 11 is 1.40. The second-order valence-corrected chi connectivity index (χ2v) is 5.74. The van der Waals surface area contributed by atoms with Crippen molar-refractivity contribution in [1.29, 1.82) is 0 Å². The highest BCUT2D eigenvalue weighted by Gasteiger charge is 2.03. The predicted octanol–water partition coefficient (Wildman–Crippen LogP) is 3.33. The van der Waals surface area contributed by atoms with Crippen LogP contribution < -0.4 is 11.2 Å². The first-order chi connectivity index (χ1) is 11.3. The molecule has 0 atom stereocenters. The zero-order valence-corrected chi connectivity index (χ0v) is 13.1. The average molecular weight is 324 g/mol. The van der Waals surface area contributed by atoms with Gasteiger partial charge in [0.25, 0.3) is 0 Å². The third kappa shape index (κ3) is 3.74. The van der Waals surface area contributed by atoms with Gasteiger partial charge in [-0.05, 0) is 22.3 Å². The number of hydrogen-bond acceptors (Lipinski definition) is 6. The van der Waals surface area contributed by atoms with Gasteiger partial charge >= 0.3 is 0 Å². The molecule has 0 unspecified atom stereocenters. The molecule has 5 nitrogen and oxygen atoms in total. The summed E-state index contributed by atoms with van der Waals surface area (Å²) in [4.78, 5) is 4.06. The molecule has 0 saturated heterocycles. The Kier molecular flexibility index (Phi) is 4.65. The van der Waals surface area contributed by atoms with Gasteiger partial charge in [0.1, 0.15) is 5.82 Å². The zero-order valence-electron chi connectivity index (χ0n) is 12.3. The fraction of sp³-hybridized carbons (Fsp3) is 0.0588. The van der Waals surface area contributed by atoms with Gasteiger partial charge in [0.15, 0.2) is 0 Å².